The summed E-state index contributed by atoms with van der Waals surface area (Å²) in [5, 5.41) is 8.14. The third-order valence-electron chi connectivity index (χ3n) is 11.8. The van der Waals surface area contributed by atoms with Gasteiger partial charge in [0.2, 0.25) is 35.4 Å². The number of piperidine rings is 1. The van der Waals surface area contributed by atoms with Crippen LogP contribution in [0.2, 0.25) is 0 Å². The number of carbonyl (C=O) groups excluding carboxylic acids is 7. The second kappa shape index (κ2) is 17.8. The normalized spacial score (nSPS) is 27.0. The van der Waals surface area contributed by atoms with Crippen LogP contribution in [-0.4, -0.2) is 118 Å². The Morgan fingerprint density at radius 3 is 2.17 bits per heavy atom. The molecule has 4 aliphatic rings. The number of hydrogen-bond donors (Lipinski definition) is 3. The van der Waals surface area contributed by atoms with Crippen LogP contribution in [0.3, 0.4) is 0 Å². The minimum atomic E-state index is -1.81. The summed E-state index contributed by atoms with van der Waals surface area (Å²) in [5.74, 6) is -6.47. The lowest BCUT2D eigenvalue weighted by Gasteiger charge is -2.41. The molecule has 0 spiro atoms. The summed E-state index contributed by atoms with van der Waals surface area (Å²) >= 11 is 0. The number of benzene rings is 2. The molecular weight excluding hydrogens is 767 g/mol. The van der Waals surface area contributed by atoms with Crippen LogP contribution in [0.15, 0.2) is 42.5 Å². The molecular formula is C43H54F2N6O8. The first-order valence-electron chi connectivity index (χ1n) is 20.5. The molecule has 3 N–H and O–H groups in total. The maximum atomic E-state index is 14.9. The summed E-state index contributed by atoms with van der Waals surface area (Å²) in [4.78, 5) is 103. The van der Waals surface area contributed by atoms with E-state index in [0.717, 1.165) is 17.7 Å². The van der Waals surface area contributed by atoms with Crippen molar-refractivity contribution in [2.75, 3.05) is 19.6 Å². The van der Waals surface area contributed by atoms with Crippen LogP contribution in [0.5, 0.6) is 0 Å². The molecule has 14 nitrogen and oxygen atoms in total. The van der Waals surface area contributed by atoms with E-state index in [-0.39, 0.29) is 56.8 Å². The lowest BCUT2D eigenvalue weighted by Crippen LogP contribution is -2.65. The van der Waals surface area contributed by atoms with Gasteiger partial charge in [-0.25, -0.2) is 13.6 Å². The van der Waals surface area contributed by atoms with E-state index in [9.17, 15) is 42.3 Å². The Balaban J connectivity index is 1.37. The van der Waals surface area contributed by atoms with Crippen LogP contribution < -0.4 is 16.0 Å². The minimum absolute atomic E-state index is 0.0490. The number of nitrogens with one attached hydrogen (secondary N) is 3. The molecule has 2 aromatic carbocycles. The van der Waals surface area contributed by atoms with Crippen molar-refractivity contribution in [3.05, 3.63) is 70.8 Å². The highest BCUT2D eigenvalue weighted by atomic mass is 19.1. The molecule has 4 heterocycles. The van der Waals surface area contributed by atoms with Gasteiger partial charge >= 0.3 is 5.97 Å². The maximum absolute atomic E-state index is 14.9. The summed E-state index contributed by atoms with van der Waals surface area (Å²) in [6.07, 6.45) is 2.08. The van der Waals surface area contributed by atoms with Crippen molar-refractivity contribution in [2.24, 2.45) is 5.92 Å². The van der Waals surface area contributed by atoms with Gasteiger partial charge in [0.25, 0.3) is 0 Å². The quantitative estimate of drug-likeness (QED) is 0.358. The first kappa shape index (κ1) is 43.2. The highest BCUT2D eigenvalue weighted by molar-refractivity contribution is 5.98. The topological polar surface area (TPSA) is 175 Å². The van der Waals surface area contributed by atoms with Crippen molar-refractivity contribution in [1.29, 1.82) is 0 Å². The number of amides is 6. The summed E-state index contributed by atoms with van der Waals surface area (Å²) in [5.41, 5.74) is -0.146. The molecule has 0 saturated carbocycles. The van der Waals surface area contributed by atoms with E-state index in [0.29, 0.717) is 37.3 Å². The molecule has 4 fully saturated rings. The Morgan fingerprint density at radius 2 is 1.47 bits per heavy atom. The van der Waals surface area contributed by atoms with E-state index in [2.05, 4.69) is 16.0 Å². The Hall–Kier alpha value is -5.41. The maximum Gasteiger partial charge on any atom is 0.329 e. The van der Waals surface area contributed by atoms with Gasteiger partial charge in [0.15, 0.2) is 0 Å². The molecule has 0 unspecified atom stereocenters. The molecule has 318 valence electrons. The van der Waals surface area contributed by atoms with E-state index in [1.165, 1.54) is 35.5 Å². The van der Waals surface area contributed by atoms with E-state index < -0.39 is 94.9 Å². The summed E-state index contributed by atoms with van der Waals surface area (Å²) in [6.45, 7) is 8.75. The molecule has 0 aliphatic carbocycles. The molecule has 0 aromatic heterocycles. The van der Waals surface area contributed by atoms with Crippen molar-refractivity contribution >= 4 is 41.4 Å². The number of rotatable bonds is 7. The Kier molecular flexibility index (Phi) is 13.1. The zero-order valence-electron chi connectivity index (χ0n) is 34.2. The summed E-state index contributed by atoms with van der Waals surface area (Å²) < 4.78 is 34.9. The molecule has 7 atom stereocenters. The number of esters is 1. The van der Waals surface area contributed by atoms with Crippen LogP contribution in [0.4, 0.5) is 8.78 Å². The number of hydrogen-bond acceptors (Lipinski definition) is 8. The van der Waals surface area contributed by atoms with Gasteiger partial charge < -0.3 is 35.4 Å². The van der Waals surface area contributed by atoms with Gasteiger partial charge in [-0.15, -0.1) is 0 Å². The lowest BCUT2D eigenvalue weighted by molar-refractivity contribution is -0.172. The zero-order valence-corrected chi connectivity index (χ0v) is 34.2. The van der Waals surface area contributed by atoms with Crippen LogP contribution in [0.25, 0.3) is 0 Å². The van der Waals surface area contributed by atoms with E-state index in [1.807, 2.05) is 26.0 Å². The molecule has 6 rings (SSSR count). The average molecular weight is 821 g/mol. The highest BCUT2D eigenvalue weighted by Gasteiger charge is 2.50. The van der Waals surface area contributed by atoms with Crippen molar-refractivity contribution in [2.45, 2.75) is 128 Å². The van der Waals surface area contributed by atoms with E-state index >= 15 is 0 Å². The van der Waals surface area contributed by atoms with Crippen LogP contribution in [-0.2, 0) is 51.1 Å². The van der Waals surface area contributed by atoms with Crippen LogP contribution in [0.1, 0.15) is 82.9 Å². The molecule has 4 saturated heterocycles. The van der Waals surface area contributed by atoms with Gasteiger partial charge in [0, 0.05) is 32.1 Å². The largest absolute Gasteiger partial charge is 0.455 e. The SMILES string of the molecule is Cc1ccc(CC(=O)N[C@@H](Cc2cc(F)cc(F)c2)C(=O)N[C@@H]2C(=O)N3CCC[C@H]3C(=O)N3CCCC[C@H]3C(=O)N[C@@H](C)C(=O)N3C[C@H](C)C[C@H]3C(=O)OC2(C)C)cc1. The average Bonchev–Trinajstić information content (AvgIpc) is 3.83. The van der Waals surface area contributed by atoms with Crippen LogP contribution >= 0.6 is 0 Å². The molecule has 4 aliphatic heterocycles. The fourth-order valence-electron chi connectivity index (χ4n) is 8.72. The van der Waals surface area contributed by atoms with Gasteiger partial charge in [-0.2, -0.15) is 0 Å². The number of cyclic esters (lactones) is 1. The number of carbonyl (C=O) groups is 7. The summed E-state index contributed by atoms with van der Waals surface area (Å²) in [6, 6.07) is 2.79. The highest BCUT2D eigenvalue weighted by Crippen LogP contribution is 2.31. The molecule has 2 aromatic rings. The van der Waals surface area contributed by atoms with Crippen molar-refractivity contribution in [3.63, 3.8) is 0 Å². The number of aryl methyl sites for hydroxylation is 1. The second-order valence-electron chi connectivity index (χ2n) is 17.0. The number of ether oxygens (including phenoxy) is 1. The van der Waals surface area contributed by atoms with Crippen molar-refractivity contribution in [1.82, 2.24) is 30.7 Å². The molecule has 0 bridgehead atoms. The molecule has 16 heteroatoms. The van der Waals surface area contributed by atoms with Gasteiger partial charge in [-0.1, -0.05) is 36.8 Å². The smallest absolute Gasteiger partial charge is 0.329 e. The van der Waals surface area contributed by atoms with E-state index in [4.69, 9.17) is 4.74 Å². The minimum Gasteiger partial charge on any atom is -0.455 e. The van der Waals surface area contributed by atoms with Gasteiger partial charge in [-0.3, -0.25) is 28.8 Å². The summed E-state index contributed by atoms with van der Waals surface area (Å²) in [7, 11) is 0. The molecule has 59 heavy (non-hydrogen) atoms. The zero-order chi connectivity index (χ0) is 42.8. The monoisotopic (exact) mass is 820 g/mol. The Morgan fingerprint density at radius 1 is 0.831 bits per heavy atom. The van der Waals surface area contributed by atoms with Gasteiger partial charge in [-0.05, 0) is 95.4 Å². The second-order valence-corrected chi connectivity index (χ2v) is 17.0. The number of halogens is 2. The number of nitrogens with zero attached hydrogens (tertiary/aromatic N) is 3. The standard InChI is InChI=1S/C43H54F2N6O8/c1-24-11-13-27(14-12-24)21-35(52)47-31(20-28-18-29(44)22-30(45)19-28)37(53)48-36-41(57)50-16-8-10-33(50)40(56)49-15-7-6-9-32(49)38(54)46-26(3)39(55)51-23-25(2)17-34(51)42(58)59-43(36,4)5/h11-14,18-19,22,25-26,31-34,36H,6-10,15-17,20-21,23H2,1-5H3,(H,46,54)(H,47,52)(H,48,53)/t25-,26+,31+,32+,33+,34+,36-/m1/s1. The van der Waals surface area contributed by atoms with Crippen LogP contribution in [0, 0.1) is 24.5 Å². The Labute approximate surface area is 342 Å². The third kappa shape index (κ3) is 9.90. The predicted molar refractivity (Wildman–Crippen MR) is 210 cm³/mol. The fraction of sp³-hybridized carbons (Fsp3) is 0.558. The Bertz CT molecular complexity index is 1960. The third-order valence-corrected chi connectivity index (χ3v) is 11.8. The van der Waals surface area contributed by atoms with E-state index in [1.54, 1.807) is 12.1 Å². The molecule has 0 radical (unpaired) electrons. The first-order chi connectivity index (χ1) is 27.9. The van der Waals surface area contributed by atoms with Crippen molar-refractivity contribution < 1.29 is 47.1 Å². The predicted octanol–water partition coefficient (Wildman–Crippen LogP) is 2.48. The van der Waals surface area contributed by atoms with Crippen molar-refractivity contribution in [3.8, 4) is 0 Å². The molecule has 6 amide bonds. The fourth-order valence-corrected chi connectivity index (χ4v) is 8.72. The first-order valence-corrected chi connectivity index (χ1v) is 20.5. The lowest BCUT2D eigenvalue weighted by atomic mass is 9.94. The van der Waals surface area contributed by atoms with Gasteiger partial charge in [0.05, 0.1) is 6.42 Å². The number of fused-ring (bicyclic) bond motifs is 3. The van der Waals surface area contributed by atoms with Gasteiger partial charge in [0.1, 0.15) is 53.5 Å².